The average molecular weight is 149 g/mol. The van der Waals surface area contributed by atoms with Gasteiger partial charge in [-0.15, -0.1) is 0 Å². The molecule has 0 aliphatic carbocycles. The topological polar surface area (TPSA) is 44.5 Å². The molecule has 9 heavy (non-hydrogen) atoms. The third-order valence-electron chi connectivity index (χ3n) is 1.23. The van der Waals surface area contributed by atoms with Crippen molar-refractivity contribution in [3.8, 4) is 0 Å². The van der Waals surface area contributed by atoms with Crippen molar-refractivity contribution in [1.29, 1.82) is 0 Å². The molecule has 54 valence electrons. The lowest BCUT2D eigenvalue weighted by Crippen LogP contribution is -2.16. The van der Waals surface area contributed by atoms with Crippen LogP contribution in [0.3, 0.4) is 0 Å². The van der Waals surface area contributed by atoms with Gasteiger partial charge in [-0.05, 0) is 18.5 Å². The van der Waals surface area contributed by atoms with Crippen LogP contribution in [-0.2, 0) is 9.02 Å². The molecule has 1 heterocycles. The van der Waals surface area contributed by atoms with E-state index in [0.717, 1.165) is 6.42 Å². The summed E-state index contributed by atoms with van der Waals surface area (Å²) in [6.07, 6.45) is 1.25. The SMILES string of the molecule is C[C@H]1C[C@@H](CON)OS1. The zero-order valence-corrected chi connectivity index (χ0v) is 6.19. The van der Waals surface area contributed by atoms with Gasteiger partial charge in [0.25, 0.3) is 0 Å². The fourth-order valence-corrected chi connectivity index (χ4v) is 1.60. The Kier molecular flexibility index (Phi) is 2.78. The predicted molar refractivity (Wildman–Crippen MR) is 36.7 cm³/mol. The van der Waals surface area contributed by atoms with Gasteiger partial charge in [0, 0.05) is 5.25 Å². The second-order valence-corrected chi connectivity index (χ2v) is 3.38. The predicted octanol–water partition coefficient (Wildman–Crippen LogP) is 0.702. The van der Waals surface area contributed by atoms with Crippen molar-refractivity contribution in [3.63, 3.8) is 0 Å². The number of hydrogen-bond acceptors (Lipinski definition) is 4. The molecule has 1 aliphatic rings. The summed E-state index contributed by atoms with van der Waals surface area (Å²) in [7, 11) is 0. The van der Waals surface area contributed by atoms with E-state index in [0.29, 0.717) is 11.9 Å². The van der Waals surface area contributed by atoms with Crippen LogP contribution in [0.1, 0.15) is 13.3 Å². The summed E-state index contributed by atoms with van der Waals surface area (Å²) < 4.78 is 5.22. The van der Waals surface area contributed by atoms with E-state index in [4.69, 9.17) is 10.1 Å². The van der Waals surface area contributed by atoms with Crippen LogP contribution in [0.2, 0.25) is 0 Å². The van der Waals surface area contributed by atoms with Crippen molar-refractivity contribution in [3.05, 3.63) is 0 Å². The Balaban J connectivity index is 2.14. The smallest absolute Gasteiger partial charge is 0.0986 e. The molecule has 0 radical (unpaired) electrons. The minimum atomic E-state index is 0.204. The van der Waals surface area contributed by atoms with Crippen molar-refractivity contribution in [2.45, 2.75) is 24.7 Å². The second-order valence-electron chi connectivity index (χ2n) is 2.19. The Bertz CT molecular complexity index is 89.0. The molecule has 1 fully saturated rings. The van der Waals surface area contributed by atoms with E-state index in [-0.39, 0.29) is 6.10 Å². The molecule has 2 atom stereocenters. The van der Waals surface area contributed by atoms with E-state index in [1.165, 1.54) is 12.0 Å². The van der Waals surface area contributed by atoms with Crippen molar-refractivity contribution in [1.82, 2.24) is 0 Å². The molecular weight excluding hydrogens is 138 g/mol. The van der Waals surface area contributed by atoms with E-state index in [2.05, 4.69) is 11.8 Å². The van der Waals surface area contributed by atoms with Gasteiger partial charge in [-0.3, -0.25) is 0 Å². The van der Waals surface area contributed by atoms with Gasteiger partial charge in [0.05, 0.1) is 12.7 Å². The summed E-state index contributed by atoms with van der Waals surface area (Å²) in [5, 5.41) is 0.588. The fourth-order valence-electron chi connectivity index (χ4n) is 0.825. The van der Waals surface area contributed by atoms with Crippen LogP contribution in [-0.4, -0.2) is 18.0 Å². The van der Waals surface area contributed by atoms with Gasteiger partial charge in [-0.25, -0.2) is 5.90 Å². The minimum absolute atomic E-state index is 0.204. The standard InChI is InChI=1S/C5H11NO2S/c1-4-2-5(3-7-6)8-9-4/h4-5H,2-3,6H2,1H3/t4-,5-/m0/s1. The van der Waals surface area contributed by atoms with Crippen LogP contribution in [0, 0.1) is 0 Å². The lowest BCUT2D eigenvalue weighted by atomic mass is 10.2. The van der Waals surface area contributed by atoms with Gasteiger partial charge < -0.3 is 9.02 Å². The first-order valence-electron chi connectivity index (χ1n) is 2.96. The summed E-state index contributed by atoms with van der Waals surface area (Å²) in [5.74, 6) is 4.86. The average Bonchev–Trinajstić information content (AvgIpc) is 2.17. The first-order valence-corrected chi connectivity index (χ1v) is 3.77. The quantitative estimate of drug-likeness (QED) is 0.463. The first-order chi connectivity index (χ1) is 4.33. The van der Waals surface area contributed by atoms with Crippen molar-refractivity contribution < 1.29 is 9.02 Å². The molecule has 0 unspecified atom stereocenters. The molecule has 0 bridgehead atoms. The zero-order valence-electron chi connectivity index (χ0n) is 5.37. The first kappa shape index (κ1) is 7.34. The molecule has 3 nitrogen and oxygen atoms in total. The van der Waals surface area contributed by atoms with E-state index in [1.807, 2.05) is 0 Å². The largest absolute Gasteiger partial charge is 0.309 e. The van der Waals surface area contributed by atoms with Gasteiger partial charge in [0.2, 0.25) is 0 Å². The van der Waals surface area contributed by atoms with Crippen LogP contribution < -0.4 is 5.90 Å². The van der Waals surface area contributed by atoms with Crippen LogP contribution in [0.4, 0.5) is 0 Å². The molecule has 0 saturated carbocycles. The van der Waals surface area contributed by atoms with E-state index >= 15 is 0 Å². The Morgan fingerprint density at radius 2 is 2.67 bits per heavy atom. The Labute approximate surface area is 59.0 Å². The molecular formula is C5H11NO2S. The molecule has 0 amide bonds. The summed E-state index contributed by atoms with van der Waals surface area (Å²) in [6.45, 7) is 2.64. The molecule has 2 N–H and O–H groups in total. The highest BCUT2D eigenvalue weighted by atomic mass is 32.2. The van der Waals surface area contributed by atoms with Crippen LogP contribution in [0.25, 0.3) is 0 Å². The monoisotopic (exact) mass is 149 g/mol. The number of nitrogens with two attached hydrogens (primary N) is 1. The van der Waals surface area contributed by atoms with E-state index in [1.54, 1.807) is 0 Å². The summed E-state index contributed by atoms with van der Waals surface area (Å²) in [4.78, 5) is 4.44. The minimum Gasteiger partial charge on any atom is -0.309 e. The second kappa shape index (κ2) is 3.41. The molecule has 0 aromatic heterocycles. The Morgan fingerprint density at radius 1 is 1.89 bits per heavy atom. The fraction of sp³-hybridized carbons (Fsp3) is 1.00. The third-order valence-corrected chi connectivity index (χ3v) is 2.14. The summed E-state index contributed by atoms with van der Waals surface area (Å²) in [6, 6.07) is 0. The lowest BCUT2D eigenvalue weighted by Gasteiger charge is -2.03. The van der Waals surface area contributed by atoms with Gasteiger partial charge in [0.1, 0.15) is 0 Å². The van der Waals surface area contributed by atoms with Crippen molar-refractivity contribution >= 4 is 12.0 Å². The van der Waals surface area contributed by atoms with Gasteiger partial charge >= 0.3 is 0 Å². The van der Waals surface area contributed by atoms with Crippen molar-refractivity contribution in [2.24, 2.45) is 5.90 Å². The third kappa shape index (κ3) is 2.14. The number of hydrogen-bond donors (Lipinski definition) is 1. The maximum Gasteiger partial charge on any atom is 0.0986 e. The Morgan fingerprint density at radius 3 is 3.11 bits per heavy atom. The van der Waals surface area contributed by atoms with E-state index < -0.39 is 0 Å². The molecule has 0 aromatic carbocycles. The maximum absolute atomic E-state index is 5.22. The number of rotatable bonds is 2. The lowest BCUT2D eigenvalue weighted by molar-refractivity contribution is 0.0655. The molecule has 1 aliphatic heterocycles. The van der Waals surface area contributed by atoms with Gasteiger partial charge in [-0.2, -0.15) is 0 Å². The summed E-state index contributed by atoms with van der Waals surface area (Å²) >= 11 is 1.51. The van der Waals surface area contributed by atoms with E-state index in [9.17, 15) is 0 Å². The van der Waals surface area contributed by atoms with Crippen LogP contribution in [0.5, 0.6) is 0 Å². The van der Waals surface area contributed by atoms with Gasteiger partial charge in [-0.1, -0.05) is 6.92 Å². The van der Waals surface area contributed by atoms with Crippen molar-refractivity contribution in [2.75, 3.05) is 6.61 Å². The van der Waals surface area contributed by atoms with Crippen LogP contribution >= 0.6 is 12.0 Å². The molecule has 4 heteroatoms. The molecule has 1 rings (SSSR count). The molecule has 0 spiro atoms. The molecule has 1 saturated heterocycles. The highest BCUT2D eigenvalue weighted by molar-refractivity contribution is 7.95. The Hall–Kier alpha value is 0.230. The normalized spacial score (nSPS) is 35.3. The van der Waals surface area contributed by atoms with Gasteiger partial charge in [0.15, 0.2) is 0 Å². The van der Waals surface area contributed by atoms with Crippen LogP contribution in [0.15, 0.2) is 0 Å². The summed E-state index contributed by atoms with van der Waals surface area (Å²) in [5.41, 5.74) is 0. The zero-order chi connectivity index (χ0) is 6.69. The molecule has 0 aromatic rings. The highest BCUT2D eigenvalue weighted by Gasteiger charge is 2.22. The maximum atomic E-state index is 5.22. The highest BCUT2D eigenvalue weighted by Crippen LogP contribution is 2.28.